The van der Waals surface area contributed by atoms with Crippen molar-refractivity contribution in [3.05, 3.63) is 35.9 Å². The zero-order valence-corrected chi connectivity index (χ0v) is 10.3. The second kappa shape index (κ2) is 5.46. The van der Waals surface area contributed by atoms with Gasteiger partial charge in [-0.1, -0.05) is 30.3 Å². The van der Waals surface area contributed by atoms with Crippen LogP contribution in [0, 0.1) is 0 Å². The highest BCUT2D eigenvalue weighted by molar-refractivity contribution is 5.21. The molecule has 0 radical (unpaired) electrons. The van der Waals surface area contributed by atoms with Crippen LogP contribution in [0.5, 0.6) is 0 Å². The summed E-state index contributed by atoms with van der Waals surface area (Å²) < 4.78 is 0. The van der Waals surface area contributed by atoms with E-state index in [1.165, 1.54) is 24.9 Å². The molecule has 0 spiro atoms. The van der Waals surface area contributed by atoms with E-state index in [-0.39, 0.29) is 0 Å². The maximum atomic E-state index is 3.63. The summed E-state index contributed by atoms with van der Waals surface area (Å²) in [5.74, 6) is 0.716. The van der Waals surface area contributed by atoms with Gasteiger partial charge in [0.25, 0.3) is 0 Å². The van der Waals surface area contributed by atoms with Crippen molar-refractivity contribution in [2.24, 2.45) is 0 Å². The Labute approximate surface area is 98.7 Å². The molecule has 16 heavy (non-hydrogen) atoms. The van der Waals surface area contributed by atoms with Crippen LogP contribution in [0.15, 0.2) is 30.3 Å². The fraction of sp³-hybridized carbons (Fsp3) is 0.571. The summed E-state index contributed by atoms with van der Waals surface area (Å²) in [6.07, 6.45) is 2.55. The first-order chi connectivity index (χ1) is 7.75. The zero-order valence-electron chi connectivity index (χ0n) is 10.3. The van der Waals surface area contributed by atoms with Gasteiger partial charge in [-0.05, 0) is 45.0 Å². The van der Waals surface area contributed by atoms with Crippen molar-refractivity contribution in [2.45, 2.75) is 24.8 Å². The Morgan fingerprint density at radius 2 is 2.00 bits per heavy atom. The molecule has 1 aliphatic rings. The molecular formula is C14H22N2. The minimum absolute atomic E-state index is 0.701. The van der Waals surface area contributed by atoms with Crippen LogP contribution in [0.25, 0.3) is 0 Å². The fourth-order valence-corrected chi connectivity index (χ4v) is 2.43. The molecule has 1 aliphatic heterocycles. The summed E-state index contributed by atoms with van der Waals surface area (Å²) in [6, 6.07) is 11.6. The van der Waals surface area contributed by atoms with Crippen LogP contribution < -0.4 is 5.32 Å². The van der Waals surface area contributed by atoms with E-state index in [4.69, 9.17) is 0 Å². The number of nitrogens with one attached hydrogen (secondary N) is 1. The van der Waals surface area contributed by atoms with Gasteiger partial charge in [0, 0.05) is 12.6 Å². The topological polar surface area (TPSA) is 15.3 Å². The van der Waals surface area contributed by atoms with Crippen LogP contribution in [-0.2, 0) is 0 Å². The van der Waals surface area contributed by atoms with Gasteiger partial charge in [-0.2, -0.15) is 0 Å². The Balaban J connectivity index is 1.84. The molecule has 1 fully saturated rings. The molecule has 1 saturated heterocycles. The van der Waals surface area contributed by atoms with E-state index in [1.807, 2.05) is 0 Å². The first-order valence-electron chi connectivity index (χ1n) is 6.19. The molecule has 1 heterocycles. The average molecular weight is 218 g/mol. The molecule has 1 aromatic rings. The lowest BCUT2D eigenvalue weighted by Crippen LogP contribution is -2.26. The Hall–Kier alpha value is -0.860. The van der Waals surface area contributed by atoms with Crippen molar-refractivity contribution < 1.29 is 0 Å². The standard InChI is InChI=1S/C14H22N2/c1-16(2)9-8-14-10-13(11-15-14)12-6-4-3-5-7-12/h3-7,13-15H,8-11H2,1-2H3/t13-,14-/m1/s1. The minimum Gasteiger partial charge on any atom is -0.313 e. The summed E-state index contributed by atoms with van der Waals surface area (Å²) in [6.45, 7) is 2.32. The summed E-state index contributed by atoms with van der Waals surface area (Å²) in [5.41, 5.74) is 1.49. The second-order valence-corrected chi connectivity index (χ2v) is 5.04. The van der Waals surface area contributed by atoms with Crippen LogP contribution in [0.1, 0.15) is 24.3 Å². The molecule has 2 rings (SSSR count). The first kappa shape index (κ1) is 11.6. The Morgan fingerprint density at radius 3 is 2.69 bits per heavy atom. The highest BCUT2D eigenvalue weighted by Gasteiger charge is 2.24. The predicted octanol–water partition coefficient (Wildman–Crippen LogP) is 2.08. The van der Waals surface area contributed by atoms with Crippen molar-refractivity contribution in [3.63, 3.8) is 0 Å². The number of hydrogen-bond acceptors (Lipinski definition) is 2. The highest BCUT2D eigenvalue weighted by Crippen LogP contribution is 2.26. The summed E-state index contributed by atoms with van der Waals surface area (Å²) in [7, 11) is 4.28. The molecular weight excluding hydrogens is 196 g/mol. The molecule has 2 atom stereocenters. The normalized spacial score (nSPS) is 25.2. The van der Waals surface area contributed by atoms with E-state index >= 15 is 0 Å². The molecule has 0 bridgehead atoms. The molecule has 0 amide bonds. The SMILES string of the molecule is CN(C)CC[C@@H]1C[C@@H](c2ccccc2)CN1. The van der Waals surface area contributed by atoms with Gasteiger partial charge in [-0.25, -0.2) is 0 Å². The van der Waals surface area contributed by atoms with Gasteiger partial charge in [0.1, 0.15) is 0 Å². The molecule has 88 valence electrons. The molecule has 0 unspecified atom stereocenters. The summed E-state index contributed by atoms with van der Waals surface area (Å²) in [4.78, 5) is 2.26. The molecule has 0 aromatic heterocycles. The molecule has 1 N–H and O–H groups in total. The maximum Gasteiger partial charge on any atom is 0.00857 e. The predicted molar refractivity (Wildman–Crippen MR) is 68.8 cm³/mol. The Bertz CT molecular complexity index is 308. The highest BCUT2D eigenvalue weighted by atomic mass is 15.1. The number of hydrogen-bond donors (Lipinski definition) is 1. The van der Waals surface area contributed by atoms with Crippen molar-refractivity contribution >= 4 is 0 Å². The van der Waals surface area contributed by atoms with Crippen molar-refractivity contribution in [3.8, 4) is 0 Å². The first-order valence-corrected chi connectivity index (χ1v) is 6.19. The van der Waals surface area contributed by atoms with E-state index in [2.05, 4.69) is 54.6 Å². The number of rotatable bonds is 4. The number of benzene rings is 1. The zero-order chi connectivity index (χ0) is 11.4. The third-order valence-electron chi connectivity index (χ3n) is 3.42. The van der Waals surface area contributed by atoms with Crippen LogP contribution in [0.2, 0.25) is 0 Å². The molecule has 2 heteroatoms. The molecule has 2 nitrogen and oxygen atoms in total. The summed E-state index contributed by atoms with van der Waals surface area (Å²) >= 11 is 0. The van der Waals surface area contributed by atoms with E-state index in [0.717, 1.165) is 6.54 Å². The molecule has 0 aliphatic carbocycles. The van der Waals surface area contributed by atoms with Gasteiger partial charge in [-0.15, -0.1) is 0 Å². The maximum absolute atomic E-state index is 3.63. The average Bonchev–Trinajstić information content (AvgIpc) is 2.76. The lowest BCUT2D eigenvalue weighted by molar-refractivity contribution is 0.370. The quantitative estimate of drug-likeness (QED) is 0.832. The largest absolute Gasteiger partial charge is 0.313 e. The van der Waals surface area contributed by atoms with Crippen LogP contribution in [0.3, 0.4) is 0 Å². The Morgan fingerprint density at radius 1 is 1.25 bits per heavy atom. The molecule has 1 aromatic carbocycles. The van der Waals surface area contributed by atoms with Crippen LogP contribution in [-0.4, -0.2) is 38.1 Å². The second-order valence-electron chi connectivity index (χ2n) is 5.04. The van der Waals surface area contributed by atoms with E-state index in [1.54, 1.807) is 0 Å². The smallest absolute Gasteiger partial charge is 0.00857 e. The molecule has 0 saturated carbocycles. The van der Waals surface area contributed by atoms with Gasteiger partial charge in [-0.3, -0.25) is 0 Å². The Kier molecular flexibility index (Phi) is 3.97. The van der Waals surface area contributed by atoms with Crippen molar-refractivity contribution in [1.29, 1.82) is 0 Å². The minimum atomic E-state index is 0.701. The van der Waals surface area contributed by atoms with Crippen molar-refractivity contribution in [1.82, 2.24) is 10.2 Å². The fourth-order valence-electron chi connectivity index (χ4n) is 2.43. The van der Waals surface area contributed by atoms with E-state index in [9.17, 15) is 0 Å². The van der Waals surface area contributed by atoms with Crippen molar-refractivity contribution in [2.75, 3.05) is 27.2 Å². The lowest BCUT2D eigenvalue weighted by Gasteiger charge is -2.14. The number of nitrogens with zero attached hydrogens (tertiary/aromatic N) is 1. The van der Waals surface area contributed by atoms with Gasteiger partial charge in [0.2, 0.25) is 0 Å². The van der Waals surface area contributed by atoms with Crippen LogP contribution in [0.4, 0.5) is 0 Å². The van der Waals surface area contributed by atoms with Gasteiger partial charge in [0.05, 0.1) is 0 Å². The van der Waals surface area contributed by atoms with E-state index < -0.39 is 0 Å². The van der Waals surface area contributed by atoms with Crippen LogP contribution >= 0.6 is 0 Å². The third kappa shape index (κ3) is 3.06. The van der Waals surface area contributed by atoms with E-state index in [0.29, 0.717) is 12.0 Å². The monoisotopic (exact) mass is 218 g/mol. The van der Waals surface area contributed by atoms with Gasteiger partial charge in [0.15, 0.2) is 0 Å². The lowest BCUT2D eigenvalue weighted by atomic mass is 9.95. The summed E-state index contributed by atoms with van der Waals surface area (Å²) in [5, 5.41) is 3.63. The van der Waals surface area contributed by atoms with Gasteiger partial charge >= 0.3 is 0 Å². The van der Waals surface area contributed by atoms with Gasteiger partial charge < -0.3 is 10.2 Å². The third-order valence-corrected chi connectivity index (χ3v) is 3.42.